The fourth-order valence-electron chi connectivity index (χ4n) is 3.43. The topological polar surface area (TPSA) is 60.5 Å². The second-order valence-electron chi connectivity index (χ2n) is 6.14. The van der Waals surface area contributed by atoms with Crippen LogP contribution in [0.1, 0.15) is 22.4 Å². The molecule has 2 heterocycles. The summed E-state index contributed by atoms with van der Waals surface area (Å²) in [5.74, 6) is -1.24. The van der Waals surface area contributed by atoms with Crippen LogP contribution < -0.4 is 10.5 Å². The van der Waals surface area contributed by atoms with Crippen molar-refractivity contribution in [2.75, 3.05) is 0 Å². The molecule has 1 aliphatic rings. The highest BCUT2D eigenvalue weighted by Gasteiger charge is 2.44. The van der Waals surface area contributed by atoms with Crippen LogP contribution in [0.4, 0.5) is 13.2 Å². The summed E-state index contributed by atoms with van der Waals surface area (Å²) in [5, 5.41) is 0. The minimum Gasteiger partial charge on any atom is -0.432 e. The molecule has 4 rings (SSSR count). The molecule has 1 unspecified atom stereocenters. The van der Waals surface area contributed by atoms with Gasteiger partial charge in [-0.05, 0) is 41.5 Å². The Bertz CT molecular complexity index is 1090. The van der Waals surface area contributed by atoms with E-state index in [1.807, 2.05) is 30.3 Å². The highest BCUT2D eigenvalue weighted by atomic mass is 79.9. The van der Waals surface area contributed by atoms with E-state index in [9.17, 15) is 13.2 Å². The zero-order chi connectivity index (χ0) is 19.9. The summed E-state index contributed by atoms with van der Waals surface area (Å²) in [5.41, 5.74) is 7.27. The Hall–Kier alpha value is -2.87. The first-order valence-electron chi connectivity index (χ1n) is 8.24. The lowest BCUT2D eigenvalue weighted by Crippen LogP contribution is -2.26. The molecule has 1 aliphatic heterocycles. The Morgan fingerprint density at radius 1 is 1.04 bits per heavy atom. The molecule has 0 saturated heterocycles. The average Bonchev–Trinajstić information content (AvgIpc) is 2.97. The van der Waals surface area contributed by atoms with Crippen molar-refractivity contribution in [2.24, 2.45) is 10.7 Å². The summed E-state index contributed by atoms with van der Waals surface area (Å²) in [7, 11) is 0. The van der Waals surface area contributed by atoms with Crippen LogP contribution in [0.3, 0.4) is 0 Å². The van der Waals surface area contributed by atoms with E-state index in [2.05, 4.69) is 30.6 Å². The number of hydrogen-bond donors (Lipinski definition) is 1. The zero-order valence-electron chi connectivity index (χ0n) is 14.2. The third-order valence-electron chi connectivity index (χ3n) is 4.54. The quantitative estimate of drug-likeness (QED) is 0.635. The van der Waals surface area contributed by atoms with E-state index in [1.54, 1.807) is 12.3 Å². The molecule has 1 aromatic heterocycles. The molecule has 0 radical (unpaired) electrons. The smallest absolute Gasteiger partial charge is 0.387 e. The van der Waals surface area contributed by atoms with Gasteiger partial charge in [-0.1, -0.05) is 40.2 Å². The van der Waals surface area contributed by atoms with Crippen LogP contribution in [0.2, 0.25) is 0 Å². The first-order valence-corrected chi connectivity index (χ1v) is 9.03. The van der Waals surface area contributed by atoms with Crippen molar-refractivity contribution >= 4 is 21.8 Å². The van der Waals surface area contributed by atoms with Gasteiger partial charge in [0, 0.05) is 16.2 Å². The molecule has 0 spiro atoms. The van der Waals surface area contributed by atoms with Crippen LogP contribution in [-0.2, 0) is 5.54 Å². The standard InChI is InChI=1S/C20H13BrF3N3O/c21-13-4-1-3-11(9-13)20(14-5-2-8-26-17(14)18(25)27-20)12-6-7-16(15(22)10-12)28-19(23)24/h1-10,19H,(H2,25,27). The van der Waals surface area contributed by atoms with Crippen LogP contribution in [-0.4, -0.2) is 17.4 Å². The molecule has 0 bridgehead atoms. The third kappa shape index (κ3) is 2.93. The molecule has 4 nitrogen and oxygen atoms in total. The van der Waals surface area contributed by atoms with Gasteiger partial charge in [0.15, 0.2) is 11.6 Å². The van der Waals surface area contributed by atoms with Gasteiger partial charge >= 0.3 is 6.61 Å². The van der Waals surface area contributed by atoms with Gasteiger partial charge in [-0.15, -0.1) is 0 Å². The maximum absolute atomic E-state index is 14.5. The Morgan fingerprint density at radius 2 is 1.82 bits per heavy atom. The Morgan fingerprint density at radius 3 is 2.54 bits per heavy atom. The minimum absolute atomic E-state index is 0.212. The number of alkyl halides is 2. The van der Waals surface area contributed by atoms with Gasteiger partial charge in [-0.2, -0.15) is 8.78 Å². The number of nitrogens with zero attached hydrogens (tertiary/aromatic N) is 2. The number of halogens is 4. The molecular formula is C20H13BrF3N3O. The van der Waals surface area contributed by atoms with Gasteiger partial charge in [0.2, 0.25) is 0 Å². The molecule has 8 heteroatoms. The summed E-state index contributed by atoms with van der Waals surface area (Å²) in [6.45, 7) is -3.12. The fourth-order valence-corrected chi connectivity index (χ4v) is 3.83. The van der Waals surface area contributed by atoms with E-state index >= 15 is 0 Å². The molecule has 2 N–H and O–H groups in total. The molecule has 0 amide bonds. The van der Waals surface area contributed by atoms with Crippen molar-refractivity contribution in [3.63, 3.8) is 0 Å². The summed E-state index contributed by atoms with van der Waals surface area (Å²) < 4.78 is 44.5. The molecule has 142 valence electrons. The van der Waals surface area contributed by atoms with E-state index in [1.165, 1.54) is 6.07 Å². The maximum Gasteiger partial charge on any atom is 0.387 e. The van der Waals surface area contributed by atoms with Crippen LogP contribution in [0.15, 0.2) is 70.3 Å². The predicted octanol–water partition coefficient (Wildman–Crippen LogP) is 4.60. The van der Waals surface area contributed by atoms with Gasteiger partial charge in [0.05, 0.1) is 0 Å². The number of ether oxygens (including phenoxy) is 1. The van der Waals surface area contributed by atoms with Gasteiger partial charge in [0.1, 0.15) is 17.1 Å². The molecular weight excluding hydrogens is 435 g/mol. The molecule has 0 saturated carbocycles. The van der Waals surface area contributed by atoms with Gasteiger partial charge in [-0.3, -0.25) is 4.98 Å². The average molecular weight is 448 g/mol. The van der Waals surface area contributed by atoms with Crippen LogP contribution in [0.25, 0.3) is 0 Å². The zero-order valence-corrected chi connectivity index (χ0v) is 15.8. The van der Waals surface area contributed by atoms with Gasteiger partial charge in [-0.25, -0.2) is 9.38 Å². The number of nitrogens with two attached hydrogens (primary N) is 1. The molecule has 1 atom stereocenters. The molecule has 2 aromatic carbocycles. The molecule has 0 aliphatic carbocycles. The summed E-state index contributed by atoms with van der Waals surface area (Å²) in [6, 6.07) is 14.7. The first-order chi connectivity index (χ1) is 13.4. The SMILES string of the molecule is NC1=NC(c2cccc(Br)c2)(c2ccc(OC(F)F)c(F)c2)c2cccnc21. The minimum atomic E-state index is -3.12. The Balaban J connectivity index is 1.98. The lowest BCUT2D eigenvalue weighted by molar-refractivity contribution is -0.0522. The van der Waals surface area contributed by atoms with Crippen LogP contribution in [0, 0.1) is 5.82 Å². The van der Waals surface area contributed by atoms with Crippen molar-refractivity contribution < 1.29 is 17.9 Å². The summed E-state index contributed by atoms with van der Waals surface area (Å²) in [6.07, 6.45) is 1.60. The first kappa shape index (κ1) is 18.5. The fraction of sp³-hybridized carbons (Fsp3) is 0.100. The van der Waals surface area contributed by atoms with E-state index in [0.29, 0.717) is 16.8 Å². The highest BCUT2D eigenvalue weighted by molar-refractivity contribution is 9.10. The van der Waals surface area contributed by atoms with Crippen molar-refractivity contribution in [2.45, 2.75) is 12.2 Å². The summed E-state index contributed by atoms with van der Waals surface area (Å²) >= 11 is 3.44. The number of hydrogen-bond acceptors (Lipinski definition) is 4. The van der Waals surface area contributed by atoms with Crippen molar-refractivity contribution in [3.8, 4) is 5.75 Å². The number of aliphatic imine (C=N–C) groups is 1. The number of aromatic nitrogens is 1. The molecule has 0 fully saturated rings. The van der Waals surface area contributed by atoms with E-state index in [-0.39, 0.29) is 5.84 Å². The Kier molecular flexibility index (Phi) is 4.58. The largest absolute Gasteiger partial charge is 0.432 e. The second kappa shape index (κ2) is 6.94. The number of pyridine rings is 1. The number of fused-ring (bicyclic) bond motifs is 1. The lowest BCUT2D eigenvalue weighted by atomic mass is 9.78. The number of benzene rings is 2. The van der Waals surface area contributed by atoms with Crippen molar-refractivity contribution in [3.05, 3.63) is 93.5 Å². The monoisotopic (exact) mass is 447 g/mol. The lowest BCUT2D eigenvalue weighted by Gasteiger charge is -2.29. The third-order valence-corrected chi connectivity index (χ3v) is 5.03. The van der Waals surface area contributed by atoms with Crippen molar-refractivity contribution in [1.29, 1.82) is 0 Å². The van der Waals surface area contributed by atoms with E-state index in [4.69, 9.17) is 5.73 Å². The van der Waals surface area contributed by atoms with Gasteiger partial charge < -0.3 is 10.5 Å². The van der Waals surface area contributed by atoms with E-state index < -0.39 is 23.7 Å². The molecule has 3 aromatic rings. The number of rotatable bonds is 4. The normalized spacial score (nSPS) is 18.1. The second-order valence-corrected chi connectivity index (χ2v) is 7.06. The van der Waals surface area contributed by atoms with Gasteiger partial charge in [0.25, 0.3) is 0 Å². The summed E-state index contributed by atoms with van der Waals surface area (Å²) in [4.78, 5) is 8.96. The van der Waals surface area contributed by atoms with Crippen LogP contribution in [0.5, 0.6) is 5.75 Å². The number of amidine groups is 1. The Labute approximate surface area is 167 Å². The highest BCUT2D eigenvalue weighted by Crippen LogP contribution is 2.46. The van der Waals surface area contributed by atoms with Crippen molar-refractivity contribution in [1.82, 2.24) is 4.98 Å². The van der Waals surface area contributed by atoms with E-state index in [0.717, 1.165) is 22.2 Å². The predicted molar refractivity (Wildman–Crippen MR) is 102 cm³/mol. The molecule has 28 heavy (non-hydrogen) atoms. The van der Waals surface area contributed by atoms with Crippen LogP contribution >= 0.6 is 15.9 Å². The maximum atomic E-state index is 14.5.